The average molecular weight is 245 g/mol. The third-order valence-corrected chi connectivity index (χ3v) is 4.68. The number of aromatic nitrogens is 1. The lowest BCUT2D eigenvalue weighted by atomic mass is 10.0. The van der Waals surface area contributed by atoms with E-state index >= 15 is 0 Å². The third kappa shape index (κ3) is 2.12. The Morgan fingerprint density at radius 1 is 1.33 bits per heavy atom. The van der Waals surface area contributed by atoms with Crippen molar-refractivity contribution in [2.24, 2.45) is 17.6 Å². The summed E-state index contributed by atoms with van der Waals surface area (Å²) in [6.07, 6.45) is 7.23. The Balaban J connectivity index is 1.70. The van der Waals surface area contributed by atoms with Gasteiger partial charge in [0.25, 0.3) is 0 Å². The van der Waals surface area contributed by atoms with E-state index in [1.54, 1.807) is 0 Å². The van der Waals surface area contributed by atoms with Gasteiger partial charge in [0, 0.05) is 19.1 Å². The van der Waals surface area contributed by atoms with Crippen LogP contribution >= 0.6 is 0 Å². The van der Waals surface area contributed by atoms with Gasteiger partial charge in [-0.1, -0.05) is 13.3 Å². The molecule has 0 bridgehead atoms. The minimum Gasteiger partial charge on any atom is -0.370 e. The van der Waals surface area contributed by atoms with Crippen LogP contribution in [-0.2, 0) is 0 Å². The standard InChI is InChI=1S/C15H23N3/c1-2-14(16)15-7-6-13(8-17-15)18-9-11-4-3-5-12(11)10-18/h6-8,11-12,14H,2-5,9-10,16H2,1H3/t11?,12?,14-/m0/s1. The highest BCUT2D eigenvalue weighted by Gasteiger charge is 2.36. The molecule has 1 aliphatic heterocycles. The predicted molar refractivity (Wildman–Crippen MR) is 74.5 cm³/mol. The molecule has 2 fully saturated rings. The van der Waals surface area contributed by atoms with Crippen molar-refractivity contribution in [1.29, 1.82) is 0 Å². The zero-order chi connectivity index (χ0) is 12.5. The summed E-state index contributed by atoms with van der Waals surface area (Å²) in [4.78, 5) is 7.02. The van der Waals surface area contributed by atoms with Gasteiger partial charge < -0.3 is 10.6 Å². The number of nitrogens with zero attached hydrogens (tertiary/aromatic N) is 2. The molecule has 3 rings (SSSR count). The highest BCUT2D eigenvalue weighted by molar-refractivity contribution is 5.46. The number of pyridine rings is 1. The molecule has 3 heteroatoms. The second-order valence-electron chi connectivity index (χ2n) is 5.81. The topological polar surface area (TPSA) is 42.1 Å². The van der Waals surface area contributed by atoms with Crippen LogP contribution in [0, 0.1) is 11.8 Å². The van der Waals surface area contributed by atoms with Gasteiger partial charge in [-0.05, 0) is 43.2 Å². The van der Waals surface area contributed by atoms with E-state index in [9.17, 15) is 0 Å². The Morgan fingerprint density at radius 3 is 2.61 bits per heavy atom. The highest BCUT2D eigenvalue weighted by Crippen LogP contribution is 2.39. The fraction of sp³-hybridized carbons (Fsp3) is 0.667. The van der Waals surface area contributed by atoms with Crippen LogP contribution in [0.1, 0.15) is 44.3 Å². The summed E-state index contributed by atoms with van der Waals surface area (Å²) in [7, 11) is 0. The molecule has 0 radical (unpaired) electrons. The van der Waals surface area contributed by atoms with Crippen LogP contribution in [0.4, 0.5) is 5.69 Å². The van der Waals surface area contributed by atoms with Crippen LogP contribution in [-0.4, -0.2) is 18.1 Å². The van der Waals surface area contributed by atoms with Gasteiger partial charge in [0.1, 0.15) is 0 Å². The maximum absolute atomic E-state index is 6.00. The van der Waals surface area contributed by atoms with Gasteiger partial charge in [-0.3, -0.25) is 4.98 Å². The molecule has 3 nitrogen and oxygen atoms in total. The second-order valence-corrected chi connectivity index (χ2v) is 5.81. The first-order valence-corrected chi connectivity index (χ1v) is 7.24. The smallest absolute Gasteiger partial charge is 0.0572 e. The Hall–Kier alpha value is -1.09. The van der Waals surface area contributed by atoms with Gasteiger partial charge in [-0.15, -0.1) is 0 Å². The molecule has 2 heterocycles. The maximum atomic E-state index is 6.00. The number of nitrogens with two attached hydrogens (primary N) is 1. The molecule has 1 saturated heterocycles. The molecule has 2 unspecified atom stereocenters. The molecule has 2 aliphatic rings. The van der Waals surface area contributed by atoms with E-state index in [2.05, 4.69) is 28.9 Å². The quantitative estimate of drug-likeness (QED) is 0.890. The van der Waals surface area contributed by atoms with Crippen LogP contribution in [0.15, 0.2) is 18.3 Å². The Morgan fingerprint density at radius 2 is 2.06 bits per heavy atom. The van der Waals surface area contributed by atoms with E-state index in [0.717, 1.165) is 24.0 Å². The van der Waals surface area contributed by atoms with Crippen molar-refractivity contribution >= 4 is 5.69 Å². The number of anilines is 1. The number of hydrogen-bond donors (Lipinski definition) is 1. The van der Waals surface area contributed by atoms with Crippen LogP contribution in [0.5, 0.6) is 0 Å². The molecule has 1 aromatic heterocycles. The summed E-state index contributed by atoms with van der Waals surface area (Å²) in [5, 5.41) is 0. The van der Waals surface area contributed by atoms with E-state index in [1.165, 1.54) is 38.0 Å². The summed E-state index contributed by atoms with van der Waals surface area (Å²) >= 11 is 0. The first-order chi connectivity index (χ1) is 8.78. The van der Waals surface area contributed by atoms with E-state index < -0.39 is 0 Å². The Bertz CT molecular complexity index is 389. The first kappa shape index (κ1) is 12.0. The minimum atomic E-state index is 0.0806. The van der Waals surface area contributed by atoms with Gasteiger partial charge in [0.05, 0.1) is 17.6 Å². The van der Waals surface area contributed by atoms with E-state index in [4.69, 9.17) is 5.73 Å². The van der Waals surface area contributed by atoms with E-state index in [0.29, 0.717) is 0 Å². The van der Waals surface area contributed by atoms with Crippen molar-refractivity contribution in [1.82, 2.24) is 4.98 Å². The SMILES string of the molecule is CC[C@H](N)c1ccc(N2CC3CCCC3C2)cn1. The minimum absolute atomic E-state index is 0.0806. The number of fused-ring (bicyclic) bond motifs is 1. The van der Waals surface area contributed by atoms with Crippen LogP contribution in [0.2, 0.25) is 0 Å². The molecule has 0 spiro atoms. The summed E-state index contributed by atoms with van der Waals surface area (Å²) in [5.74, 6) is 1.87. The van der Waals surface area contributed by atoms with Crippen LogP contribution in [0.3, 0.4) is 0 Å². The molecule has 1 aromatic rings. The molecule has 0 aromatic carbocycles. The molecule has 2 N–H and O–H groups in total. The maximum Gasteiger partial charge on any atom is 0.0572 e. The monoisotopic (exact) mass is 245 g/mol. The summed E-state index contributed by atoms with van der Waals surface area (Å²) in [5.41, 5.74) is 8.29. The van der Waals surface area contributed by atoms with Crippen molar-refractivity contribution in [3.05, 3.63) is 24.0 Å². The number of rotatable bonds is 3. The lowest BCUT2D eigenvalue weighted by molar-refractivity contribution is 0.494. The fourth-order valence-electron chi connectivity index (χ4n) is 3.46. The molecule has 0 amide bonds. The summed E-state index contributed by atoms with van der Waals surface area (Å²) in [6, 6.07) is 4.37. The molecular formula is C15H23N3. The van der Waals surface area contributed by atoms with Gasteiger partial charge in [-0.25, -0.2) is 0 Å². The second kappa shape index (κ2) is 4.88. The van der Waals surface area contributed by atoms with E-state index in [-0.39, 0.29) is 6.04 Å². The molecule has 98 valence electrons. The molecule has 3 atom stereocenters. The highest BCUT2D eigenvalue weighted by atomic mass is 15.2. The van der Waals surface area contributed by atoms with E-state index in [1.807, 2.05) is 6.20 Å². The Kier molecular flexibility index (Phi) is 3.25. The fourth-order valence-corrected chi connectivity index (χ4v) is 3.46. The first-order valence-electron chi connectivity index (χ1n) is 7.24. The lowest BCUT2D eigenvalue weighted by Crippen LogP contribution is -2.21. The van der Waals surface area contributed by atoms with Crippen molar-refractivity contribution in [3.63, 3.8) is 0 Å². The zero-order valence-corrected chi connectivity index (χ0v) is 11.2. The lowest BCUT2D eigenvalue weighted by Gasteiger charge is -2.20. The van der Waals surface area contributed by atoms with Gasteiger partial charge in [0.15, 0.2) is 0 Å². The predicted octanol–water partition coefficient (Wildman–Crippen LogP) is 2.73. The van der Waals surface area contributed by atoms with Crippen molar-refractivity contribution in [2.45, 2.75) is 38.6 Å². The largest absolute Gasteiger partial charge is 0.370 e. The van der Waals surface area contributed by atoms with Gasteiger partial charge >= 0.3 is 0 Å². The van der Waals surface area contributed by atoms with Crippen LogP contribution < -0.4 is 10.6 Å². The molecule has 18 heavy (non-hydrogen) atoms. The zero-order valence-electron chi connectivity index (χ0n) is 11.2. The summed E-state index contributed by atoms with van der Waals surface area (Å²) < 4.78 is 0. The van der Waals surface area contributed by atoms with Crippen molar-refractivity contribution < 1.29 is 0 Å². The molecule has 1 saturated carbocycles. The van der Waals surface area contributed by atoms with Gasteiger partial charge in [-0.2, -0.15) is 0 Å². The van der Waals surface area contributed by atoms with Crippen LogP contribution in [0.25, 0.3) is 0 Å². The average Bonchev–Trinajstić information content (AvgIpc) is 2.99. The molecule has 1 aliphatic carbocycles. The number of hydrogen-bond acceptors (Lipinski definition) is 3. The molecular weight excluding hydrogens is 222 g/mol. The summed E-state index contributed by atoms with van der Waals surface area (Å²) in [6.45, 7) is 4.55. The normalized spacial score (nSPS) is 28.4. The van der Waals surface area contributed by atoms with Crippen molar-refractivity contribution in [3.8, 4) is 0 Å². The van der Waals surface area contributed by atoms with Gasteiger partial charge in [0.2, 0.25) is 0 Å². The van der Waals surface area contributed by atoms with Crippen molar-refractivity contribution in [2.75, 3.05) is 18.0 Å². The Labute approximate surface area is 109 Å². The third-order valence-electron chi connectivity index (χ3n) is 4.68.